The molecular formula is C13H16ClN3O2S. The van der Waals surface area contributed by atoms with Crippen molar-refractivity contribution in [2.75, 3.05) is 5.88 Å². The fourth-order valence-corrected chi connectivity index (χ4v) is 3.77. The van der Waals surface area contributed by atoms with E-state index in [0.29, 0.717) is 5.69 Å². The van der Waals surface area contributed by atoms with Gasteiger partial charge >= 0.3 is 0 Å². The van der Waals surface area contributed by atoms with Crippen molar-refractivity contribution in [1.29, 1.82) is 0 Å². The van der Waals surface area contributed by atoms with E-state index >= 15 is 0 Å². The summed E-state index contributed by atoms with van der Waals surface area (Å²) >= 11 is 6.00. The fraction of sp³-hybridized carbons (Fsp3) is 0.308. The van der Waals surface area contributed by atoms with E-state index in [1.165, 1.54) is 6.20 Å². The van der Waals surface area contributed by atoms with Gasteiger partial charge in [-0.05, 0) is 19.4 Å². The number of benzene rings is 1. The average molecular weight is 314 g/mol. The number of hydrogen-bond donors (Lipinski definition) is 2. The summed E-state index contributed by atoms with van der Waals surface area (Å²) in [4.78, 5) is 0.129. The Hall–Kier alpha value is -1.37. The first kappa shape index (κ1) is 15.0. The quantitative estimate of drug-likeness (QED) is 0.831. The Kier molecular flexibility index (Phi) is 4.17. The Morgan fingerprint density at radius 1 is 1.35 bits per heavy atom. The van der Waals surface area contributed by atoms with E-state index in [2.05, 4.69) is 14.9 Å². The average Bonchev–Trinajstić information content (AvgIpc) is 2.86. The zero-order valence-corrected chi connectivity index (χ0v) is 12.8. The molecule has 0 saturated heterocycles. The molecule has 5 nitrogen and oxygen atoms in total. The number of hydrogen-bond acceptors (Lipinski definition) is 3. The standard InChI is InChI=1S/C13H16ClN3O2S/c1-10-12(8-15-16-10)20(18,19)17-13(2,9-14)11-6-4-3-5-7-11/h3-8,17H,9H2,1-2H3,(H,15,16). The van der Waals surface area contributed by atoms with Crippen LogP contribution in [0.5, 0.6) is 0 Å². The monoisotopic (exact) mass is 313 g/mol. The van der Waals surface area contributed by atoms with Crippen LogP contribution in [0.25, 0.3) is 0 Å². The van der Waals surface area contributed by atoms with Crippen molar-refractivity contribution in [1.82, 2.24) is 14.9 Å². The van der Waals surface area contributed by atoms with Gasteiger partial charge in [0.05, 0.1) is 17.4 Å². The second-order valence-corrected chi connectivity index (χ2v) is 6.71. The Bertz CT molecular complexity index is 685. The highest BCUT2D eigenvalue weighted by molar-refractivity contribution is 7.89. The first-order valence-electron chi connectivity index (χ1n) is 6.04. The van der Waals surface area contributed by atoms with Gasteiger partial charge < -0.3 is 0 Å². The summed E-state index contributed by atoms with van der Waals surface area (Å²) in [7, 11) is -3.69. The van der Waals surface area contributed by atoms with E-state index in [9.17, 15) is 8.42 Å². The molecule has 0 spiro atoms. The van der Waals surface area contributed by atoms with E-state index in [-0.39, 0.29) is 10.8 Å². The predicted octanol–water partition coefficient (Wildman–Crippen LogP) is 2.15. The summed E-state index contributed by atoms with van der Waals surface area (Å²) in [6, 6.07) is 9.24. The summed E-state index contributed by atoms with van der Waals surface area (Å²) in [6.45, 7) is 3.41. The van der Waals surface area contributed by atoms with Gasteiger partial charge in [0.1, 0.15) is 4.90 Å². The second kappa shape index (κ2) is 5.55. The van der Waals surface area contributed by atoms with Crippen molar-refractivity contribution in [3.05, 3.63) is 47.8 Å². The molecule has 0 bridgehead atoms. The number of nitrogens with zero attached hydrogens (tertiary/aromatic N) is 1. The lowest BCUT2D eigenvalue weighted by Crippen LogP contribution is -2.45. The van der Waals surface area contributed by atoms with Gasteiger partial charge in [-0.2, -0.15) is 9.82 Å². The van der Waals surface area contributed by atoms with E-state index < -0.39 is 15.6 Å². The molecule has 7 heteroatoms. The maximum Gasteiger partial charge on any atom is 0.244 e. The van der Waals surface area contributed by atoms with Crippen LogP contribution in [-0.4, -0.2) is 24.5 Å². The molecule has 0 amide bonds. The van der Waals surface area contributed by atoms with Crippen LogP contribution < -0.4 is 4.72 Å². The number of aromatic nitrogens is 2. The first-order chi connectivity index (χ1) is 9.39. The molecule has 0 aliphatic rings. The lowest BCUT2D eigenvalue weighted by Gasteiger charge is -2.28. The molecule has 1 unspecified atom stereocenters. The summed E-state index contributed by atoms with van der Waals surface area (Å²) in [5.41, 5.74) is 0.410. The van der Waals surface area contributed by atoms with Gasteiger partial charge in [0.15, 0.2) is 0 Å². The molecule has 0 saturated carbocycles. The third-order valence-electron chi connectivity index (χ3n) is 3.11. The fourth-order valence-electron chi connectivity index (χ4n) is 1.93. The maximum atomic E-state index is 12.4. The van der Waals surface area contributed by atoms with Crippen LogP contribution in [0, 0.1) is 6.92 Å². The summed E-state index contributed by atoms with van der Waals surface area (Å²) in [5, 5.41) is 6.36. The van der Waals surface area contributed by atoms with Gasteiger partial charge in [0.2, 0.25) is 10.0 Å². The van der Waals surface area contributed by atoms with Crippen molar-refractivity contribution in [2.45, 2.75) is 24.3 Å². The third kappa shape index (κ3) is 2.87. The molecular weight excluding hydrogens is 298 g/mol. The van der Waals surface area contributed by atoms with Crippen molar-refractivity contribution >= 4 is 21.6 Å². The number of rotatable bonds is 5. The maximum absolute atomic E-state index is 12.4. The minimum Gasteiger partial charge on any atom is -0.281 e. The first-order valence-corrected chi connectivity index (χ1v) is 8.06. The minimum atomic E-state index is -3.69. The highest BCUT2D eigenvalue weighted by Crippen LogP contribution is 2.25. The zero-order valence-electron chi connectivity index (χ0n) is 11.2. The van der Waals surface area contributed by atoms with E-state index in [1.807, 2.05) is 30.3 Å². The minimum absolute atomic E-state index is 0.118. The highest BCUT2D eigenvalue weighted by Gasteiger charge is 2.32. The van der Waals surface area contributed by atoms with E-state index in [0.717, 1.165) is 5.56 Å². The topological polar surface area (TPSA) is 74.8 Å². The second-order valence-electron chi connectivity index (χ2n) is 4.80. The molecule has 20 heavy (non-hydrogen) atoms. The van der Waals surface area contributed by atoms with Crippen LogP contribution in [0.4, 0.5) is 0 Å². The molecule has 1 heterocycles. The molecule has 2 rings (SSSR count). The van der Waals surface area contributed by atoms with Crippen LogP contribution >= 0.6 is 11.6 Å². The van der Waals surface area contributed by atoms with Gasteiger partial charge in [0, 0.05) is 5.88 Å². The van der Waals surface area contributed by atoms with Crippen LogP contribution in [0.15, 0.2) is 41.4 Å². The lowest BCUT2D eigenvalue weighted by molar-refractivity contribution is 0.477. The number of aromatic amines is 1. The molecule has 1 aromatic heterocycles. The van der Waals surface area contributed by atoms with Crippen molar-refractivity contribution in [3.8, 4) is 0 Å². The molecule has 2 N–H and O–H groups in total. The molecule has 108 valence electrons. The van der Waals surface area contributed by atoms with Crippen LogP contribution in [0.1, 0.15) is 18.2 Å². The van der Waals surface area contributed by atoms with Gasteiger partial charge in [-0.1, -0.05) is 30.3 Å². The Morgan fingerprint density at radius 3 is 2.50 bits per heavy atom. The largest absolute Gasteiger partial charge is 0.281 e. The van der Waals surface area contributed by atoms with E-state index in [1.54, 1.807) is 13.8 Å². The Balaban J connectivity index is 2.38. The number of H-pyrrole nitrogens is 1. The molecule has 0 aliphatic heterocycles. The van der Waals surface area contributed by atoms with Crippen LogP contribution in [0.3, 0.4) is 0 Å². The Morgan fingerprint density at radius 2 is 2.00 bits per heavy atom. The van der Waals surface area contributed by atoms with E-state index in [4.69, 9.17) is 11.6 Å². The smallest absolute Gasteiger partial charge is 0.244 e. The SMILES string of the molecule is Cc1[nH]ncc1S(=O)(=O)NC(C)(CCl)c1ccccc1. The summed E-state index contributed by atoms with van der Waals surface area (Å²) in [5.74, 6) is 0.118. The number of sulfonamides is 1. The third-order valence-corrected chi connectivity index (χ3v) is 5.36. The molecule has 0 fully saturated rings. The van der Waals surface area contributed by atoms with Crippen molar-refractivity contribution < 1.29 is 8.42 Å². The van der Waals surface area contributed by atoms with Crippen molar-refractivity contribution in [3.63, 3.8) is 0 Å². The lowest BCUT2D eigenvalue weighted by atomic mass is 9.96. The Labute approximate surface area is 123 Å². The number of alkyl halides is 1. The number of halogens is 1. The van der Waals surface area contributed by atoms with Gasteiger partial charge in [-0.3, -0.25) is 5.10 Å². The van der Waals surface area contributed by atoms with Crippen LogP contribution in [-0.2, 0) is 15.6 Å². The molecule has 0 aliphatic carbocycles. The normalized spacial score (nSPS) is 14.9. The molecule has 2 aromatic rings. The van der Waals surface area contributed by atoms with Crippen LogP contribution in [0.2, 0.25) is 0 Å². The molecule has 1 atom stereocenters. The summed E-state index contributed by atoms with van der Waals surface area (Å²) < 4.78 is 27.5. The van der Waals surface area contributed by atoms with Gasteiger partial charge in [-0.25, -0.2) is 8.42 Å². The van der Waals surface area contributed by atoms with Crippen molar-refractivity contribution in [2.24, 2.45) is 0 Å². The number of nitrogens with one attached hydrogen (secondary N) is 2. The molecule has 0 radical (unpaired) electrons. The zero-order chi connectivity index (χ0) is 14.8. The number of aryl methyl sites for hydroxylation is 1. The molecule has 1 aromatic carbocycles. The van der Waals surface area contributed by atoms with Gasteiger partial charge in [-0.15, -0.1) is 11.6 Å². The van der Waals surface area contributed by atoms with Gasteiger partial charge in [0.25, 0.3) is 0 Å². The summed E-state index contributed by atoms with van der Waals surface area (Å²) in [6.07, 6.45) is 1.29. The highest BCUT2D eigenvalue weighted by atomic mass is 35.5. The predicted molar refractivity (Wildman–Crippen MR) is 78.2 cm³/mol.